The normalized spacial score (nSPS) is 18.9. The summed E-state index contributed by atoms with van der Waals surface area (Å²) in [6.07, 6.45) is 4.10. The topological polar surface area (TPSA) is 33.7 Å². The van der Waals surface area contributed by atoms with Gasteiger partial charge in [0.25, 0.3) is 0 Å². The first-order valence-electron chi connectivity index (χ1n) is 6.78. The molecule has 18 heavy (non-hydrogen) atoms. The molecule has 98 valence electrons. The Kier molecular flexibility index (Phi) is 3.55. The van der Waals surface area contributed by atoms with Gasteiger partial charge in [-0.05, 0) is 38.1 Å². The molecule has 4 heteroatoms. The summed E-state index contributed by atoms with van der Waals surface area (Å²) in [6, 6.07) is 6.02. The molecule has 1 N–H and O–H groups in total. The standard InChI is InChI=1S/C14H20N2O2/c1-2-7-16(8-3-1)9-6-15-12-4-5-13-14(10-12)18-11-17-13/h4-5,10,15H,1-3,6-9,11H2. The molecule has 2 heterocycles. The third-order valence-electron chi connectivity index (χ3n) is 3.58. The molecule has 3 rings (SSSR count). The number of anilines is 1. The van der Waals surface area contributed by atoms with E-state index in [-0.39, 0.29) is 0 Å². The average Bonchev–Trinajstić information content (AvgIpc) is 2.87. The molecule has 0 bridgehead atoms. The Hall–Kier alpha value is -1.42. The van der Waals surface area contributed by atoms with Crippen molar-refractivity contribution in [2.75, 3.05) is 38.3 Å². The summed E-state index contributed by atoms with van der Waals surface area (Å²) in [7, 11) is 0. The fourth-order valence-electron chi connectivity index (χ4n) is 2.55. The molecule has 4 nitrogen and oxygen atoms in total. The summed E-state index contributed by atoms with van der Waals surface area (Å²) >= 11 is 0. The second-order valence-electron chi connectivity index (χ2n) is 4.90. The van der Waals surface area contributed by atoms with Crippen LogP contribution >= 0.6 is 0 Å². The van der Waals surface area contributed by atoms with Gasteiger partial charge in [-0.3, -0.25) is 0 Å². The Balaban J connectivity index is 1.48. The predicted molar refractivity (Wildman–Crippen MR) is 71.3 cm³/mol. The maximum atomic E-state index is 5.36. The first kappa shape index (κ1) is 11.7. The Bertz CT molecular complexity index is 403. The Morgan fingerprint density at radius 3 is 2.78 bits per heavy atom. The number of benzene rings is 1. The van der Waals surface area contributed by atoms with Gasteiger partial charge in [-0.1, -0.05) is 6.42 Å². The summed E-state index contributed by atoms with van der Waals surface area (Å²) in [4.78, 5) is 2.53. The molecule has 1 aromatic carbocycles. The summed E-state index contributed by atoms with van der Waals surface area (Å²) in [5.74, 6) is 1.69. The van der Waals surface area contributed by atoms with Crippen LogP contribution in [0.5, 0.6) is 11.5 Å². The maximum Gasteiger partial charge on any atom is 0.231 e. The van der Waals surface area contributed by atoms with Crippen LogP contribution < -0.4 is 14.8 Å². The van der Waals surface area contributed by atoms with E-state index in [0.29, 0.717) is 6.79 Å². The molecule has 0 atom stereocenters. The predicted octanol–water partition coefficient (Wildman–Crippen LogP) is 2.31. The van der Waals surface area contributed by atoms with Gasteiger partial charge in [-0.25, -0.2) is 0 Å². The molecule has 0 saturated carbocycles. The fourth-order valence-corrected chi connectivity index (χ4v) is 2.55. The number of nitrogens with one attached hydrogen (secondary N) is 1. The van der Waals surface area contributed by atoms with Crippen LogP contribution in [-0.4, -0.2) is 37.9 Å². The summed E-state index contributed by atoms with van der Waals surface area (Å²) in [6.45, 7) is 4.95. The lowest BCUT2D eigenvalue weighted by atomic mass is 10.1. The molecule has 1 saturated heterocycles. The van der Waals surface area contributed by atoms with E-state index in [2.05, 4.69) is 10.2 Å². The highest BCUT2D eigenvalue weighted by Gasteiger charge is 2.13. The van der Waals surface area contributed by atoms with E-state index in [1.165, 1.54) is 32.4 Å². The van der Waals surface area contributed by atoms with Crippen molar-refractivity contribution in [3.05, 3.63) is 18.2 Å². The molecule has 2 aliphatic rings. The van der Waals surface area contributed by atoms with Gasteiger partial charge in [0, 0.05) is 24.8 Å². The largest absolute Gasteiger partial charge is 0.454 e. The van der Waals surface area contributed by atoms with E-state index >= 15 is 0 Å². The van der Waals surface area contributed by atoms with E-state index < -0.39 is 0 Å². The number of hydrogen-bond acceptors (Lipinski definition) is 4. The average molecular weight is 248 g/mol. The van der Waals surface area contributed by atoms with Crippen LogP contribution in [0.25, 0.3) is 0 Å². The van der Waals surface area contributed by atoms with Gasteiger partial charge in [-0.15, -0.1) is 0 Å². The Morgan fingerprint density at radius 2 is 1.89 bits per heavy atom. The van der Waals surface area contributed by atoms with E-state index in [0.717, 1.165) is 30.3 Å². The number of fused-ring (bicyclic) bond motifs is 1. The smallest absolute Gasteiger partial charge is 0.231 e. The molecule has 1 aromatic rings. The molecular weight excluding hydrogens is 228 g/mol. The molecule has 2 aliphatic heterocycles. The van der Waals surface area contributed by atoms with Gasteiger partial charge in [0.15, 0.2) is 11.5 Å². The van der Waals surface area contributed by atoms with E-state index in [1.807, 2.05) is 18.2 Å². The summed E-state index contributed by atoms with van der Waals surface area (Å²) in [5.41, 5.74) is 1.11. The minimum Gasteiger partial charge on any atom is -0.454 e. The molecular formula is C14H20N2O2. The number of rotatable bonds is 4. The van der Waals surface area contributed by atoms with Crippen molar-refractivity contribution in [1.29, 1.82) is 0 Å². The number of nitrogens with zero attached hydrogens (tertiary/aromatic N) is 1. The van der Waals surface area contributed by atoms with Gasteiger partial charge in [0.2, 0.25) is 6.79 Å². The maximum absolute atomic E-state index is 5.36. The molecule has 0 radical (unpaired) electrons. The number of likely N-dealkylation sites (tertiary alicyclic amines) is 1. The highest BCUT2D eigenvalue weighted by atomic mass is 16.7. The quantitative estimate of drug-likeness (QED) is 0.886. The van der Waals surface area contributed by atoms with Gasteiger partial charge in [-0.2, -0.15) is 0 Å². The number of ether oxygens (including phenoxy) is 2. The van der Waals surface area contributed by atoms with E-state index in [4.69, 9.17) is 9.47 Å². The second-order valence-corrected chi connectivity index (χ2v) is 4.90. The molecule has 0 unspecified atom stereocenters. The van der Waals surface area contributed by atoms with Crippen LogP contribution in [0.4, 0.5) is 5.69 Å². The highest BCUT2D eigenvalue weighted by molar-refractivity contribution is 5.55. The summed E-state index contributed by atoms with van der Waals surface area (Å²) in [5, 5.41) is 3.44. The Morgan fingerprint density at radius 1 is 1.06 bits per heavy atom. The van der Waals surface area contributed by atoms with Crippen LogP contribution in [-0.2, 0) is 0 Å². The van der Waals surface area contributed by atoms with Crippen molar-refractivity contribution >= 4 is 5.69 Å². The number of piperidine rings is 1. The van der Waals surface area contributed by atoms with Crippen LogP contribution in [0.15, 0.2) is 18.2 Å². The SMILES string of the molecule is c1cc2c(cc1NCCN1CCCCC1)OCO2. The monoisotopic (exact) mass is 248 g/mol. The molecule has 1 fully saturated rings. The first-order chi connectivity index (χ1) is 8.92. The van der Waals surface area contributed by atoms with Gasteiger partial charge in [0.05, 0.1) is 0 Å². The molecule has 0 spiro atoms. The van der Waals surface area contributed by atoms with Crippen LogP contribution in [0.1, 0.15) is 19.3 Å². The third kappa shape index (κ3) is 2.70. The van der Waals surface area contributed by atoms with Crippen molar-refractivity contribution < 1.29 is 9.47 Å². The lowest BCUT2D eigenvalue weighted by Gasteiger charge is -2.26. The van der Waals surface area contributed by atoms with E-state index in [9.17, 15) is 0 Å². The fraction of sp³-hybridized carbons (Fsp3) is 0.571. The van der Waals surface area contributed by atoms with Crippen LogP contribution in [0.2, 0.25) is 0 Å². The van der Waals surface area contributed by atoms with Crippen LogP contribution in [0, 0.1) is 0 Å². The first-order valence-corrected chi connectivity index (χ1v) is 6.78. The van der Waals surface area contributed by atoms with E-state index in [1.54, 1.807) is 0 Å². The third-order valence-corrected chi connectivity index (χ3v) is 3.58. The minimum atomic E-state index is 0.340. The molecule has 0 aromatic heterocycles. The lowest BCUT2D eigenvalue weighted by Crippen LogP contribution is -2.33. The highest BCUT2D eigenvalue weighted by Crippen LogP contribution is 2.34. The minimum absolute atomic E-state index is 0.340. The van der Waals surface area contributed by atoms with Gasteiger partial charge >= 0.3 is 0 Å². The molecule has 0 amide bonds. The van der Waals surface area contributed by atoms with Crippen LogP contribution in [0.3, 0.4) is 0 Å². The zero-order chi connectivity index (χ0) is 12.2. The van der Waals surface area contributed by atoms with Crippen molar-refractivity contribution in [2.45, 2.75) is 19.3 Å². The van der Waals surface area contributed by atoms with Gasteiger partial charge in [0.1, 0.15) is 0 Å². The lowest BCUT2D eigenvalue weighted by molar-refractivity contribution is 0.174. The summed E-state index contributed by atoms with van der Waals surface area (Å²) < 4.78 is 10.7. The second kappa shape index (κ2) is 5.48. The Labute approximate surface area is 108 Å². The van der Waals surface area contributed by atoms with Crippen molar-refractivity contribution in [1.82, 2.24) is 4.90 Å². The molecule has 0 aliphatic carbocycles. The number of hydrogen-bond donors (Lipinski definition) is 1. The van der Waals surface area contributed by atoms with Crippen molar-refractivity contribution in [3.63, 3.8) is 0 Å². The zero-order valence-corrected chi connectivity index (χ0v) is 10.7. The zero-order valence-electron chi connectivity index (χ0n) is 10.7. The van der Waals surface area contributed by atoms with Crippen molar-refractivity contribution in [2.24, 2.45) is 0 Å². The van der Waals surface area contributed by atoms with Crippen molar-refractivity contribution in [3.8, 4) is 11.5 Å². The van der Waals surface area contributed by atoms with Gasteiger partial charge < -0.3 is 19.7 Å².